The number of halogens is 1. The third-order valence-corrected chi connectivity index (χ3v) is 9.79. The summed E-state index contributed by atoms with van der Waals surface area (Å²) in [6.07, 6.45) is 0.993. The van der Waals surface area contributed by atoms with Gasteiger partial charge in [-0.3, -0.25) is 13.9 Å². The molecule has 0 aliphatic rings. The number of aryl methyl sites for hydroxylation is 1. The first kappa shape index (κ1) is 33.0. The normalized spacial score (nSPS) is 12.6. The van der Waals surface area contributed by atoms with E-state index in [1.165, 1.54) is 17.0 Å². The zero-order valence-corrected chi connectivity index (χ0v) is 27.6. The third kappa shape index (κ3) is 8.57. The molecule has 1 N–H and O–H groups in total. The van der Waals surface area contributed by atoms with E-state index in [-0.39, 0.29) is 29.8 Å². The second-order valence-electron chi connectivity index (χ2n) is 10.8. The average Bonchev–Trinajstić information content (AvgIpc) is 3.03. The molecular formula is C35H38BrN3O4S. The Balaban J connectivity index is 1.79. The van der Waals surface area contributed by atoms with Crippen molar-refractivity contribution in [2.75, 3.05) is 10.8 Å². The van der Waals surface area contributed by atoms with Crippen LogP contribution >= 0.6 is 15.9 Å². The van der Waals surface area contributed by atoms with Gasteiger partial charge in [0.1, 0.15) is 12.6 Å². The molecular weight excluding hydrogens is 638 g/mol. The highest BCUT2D eigenvalue weighted by Gasteiger charge is 2.35. The molecule has 230 valence electrons. The van der Waals surface area contributed by atoms with Gasteiger partial charge in [0, 0.05) is 23.5 Å². The smallest absolute Gasteiger partial charge is 0.264 e. The van der Waals surface area contributed by atoms with Crippen LogP contribution in [0.25, 0.3) is 0 Å². The zero-order chi connectivity index (χ0) is 31.7. The Labute approximate surface area is 269 Å². The predicted molar refractivity (Wildman–Crippen MR) is 179 cm³/mol. The summed E-state index contributed by atoms with van der Waals surface area (Å²) in [6.45, 7) is 5.52. The van der Waals surface area contributed by atoms with E-state index in [9.17, 15) is 18.0 Å². The summed E-state index contributed by atoms with van der Waals surface area (Å²) in [7, 11) is -4.13. The van der Waals surface area contributed by atoms with Crippen molar-refractivity contribution in [3.05, 3.63) is 130 Å². The number of hydrogen-bond acceptors (Lipinski definition) is 4. The minimum absolute atomic E-state index is 0.0659. The largest absolute Gasteiger partial charge is 0.352 e. The number of sulfonamides is 1. The third-order valence-electron chi connectivity index (χ3n) is 7.47. The van der Waals surface area contributed by atoms with E-state index < -0.39 is 28.5 Å². The van der Waals surface area contributed by atoms with Crippen LogP contribution in [0.5, 0.6) is 0 Å². The van der Waals surface area contributed by atoms with E-state index in [2.05, 4.69) is 21.2 Å². The fourth-order valence-corrected chi connectivity index (χ4v) is 6.44. The number of carbonyl (C=O) groups excluding carboxylic acids is 2. The van der Waals surface area contributed by atoms with E-state index in [1.54, 1.807) is 42.5 Å². The highest BCUT2D eigenvalue weighted by Crippen LogP contribution is 2.26. The standard InChI is InChI=1S/C35H38BrN3O4S/c1-4-27(3)37-35(41)33(23-28-11-7-5-8-12-28)38(24-29-17-15-26(2)16-18-29)34(40)25-39(31-21-19-30(36)20-22-31)44(42,43)32-13-9-6-10-14-32/h5-22,27,33H,4,23-25H2,1-3H3,(H,37,41)/t27-,33+/m0/s1. The van der Waals surface area contributed by atoms with Gasteiger partial charge in [0.2, 0.25) is 11.8 Å². The predicted octanol–water partition coefficient (Wildman–Crippen LogP) is 6.51. The van der Waals surface area contributed by atoms with Crippen molar-refractivity contribution in [3.8, 4) is 0 Å². The van der Waals surface area contributed by atoms with Gasteiger partial charge in [-0.1, -0.05) is 101 Å². The highest BCUT2D eigenvalue weighted by atomic mass is 79.9. The molecule has 0 aliphatic heterocycles. The summed E-state index contributed by atoms with van der Waals surface area (Å²) in [6, 6.07) is 31.1. The van der Waals surface area contributed by atoms with Crippen molar-refractivity contribution in [1.82, 2.24) is 10.2 Å². The molecule has 0 saturated carbocycles. The SMILES string of the molecule is CC[C@H](C)NC(=O)[C@@H](Cc1ccccc1)N(Cc1ccc(C)cc1)C(=O)CN(c1ccc(Br)cc1)S(=O)(=O)c1ccccc1. The van der Waals surface area contributed by atoms with E-state index in [4.69, 9.17) is 0 Å². The van der Waals surface area contributed by atoms with Crippen molar-refractivity contribution in [1.29, 1.82) is 0 Å². The molecule has 4 aromatic rings. The van der Waals surface area contributed by atoms with Gasteiger partial charge in [0.15, 0.2) is 0 Å². The number of anilines is 1. The molecule has 44 heavy (non-hydrogen) atoms. The Bertz CT molecular complexity index is 1630. The van der Waals surface area contributed by atoms with Crippen molar-refractivity contribution in [2.24, 2.45) is 0 Å². The van der Waals surface area contributed by atoms with Gasteiger partial charge < -0.3 is 10.2 Å². The second-order valence-corrected chi connectivity index (χ2v) is 13.6. The molecule has 0 radical (unpaired) electrons. The second kappa shape index (κ2) is 15.2. The molecule has 9 heteroatoms. The number of rotatable bonds is 13. The molecule has 0 fully saturated rings. The van der Waals surface area contributed by atoms with E-state index in [0.29, 0.717) is 5.69 Å². The molecule has 0 bridgehead atoms. The summed E-state index contributed by atoms with van der Waals surface area (Å²) in [5, 5.41) is 3.06. The summed E-state index contributed by atoms with van der Waals surface area (Å²) < 4.78 is 29.9. The first-order valence-corrected chi connectivity index (χ1v) is 16.8. The minimum Gasteiger partial charge on any atom is -0.352 e. The van der Waals surface area contributed by atoms with Crippen LogP contribution in [0.1, 0.15) is 37.0 Å². The lowest BCUT2D eigenvalue weighted by Gasteiger charge is -2.34. The number of hydrogen-bond donors (Lipinski definition) is 1. The number of nitrogens with one attached hydrogen (secondary N) is 1. The minimum atomic E-state index is -4.13. The molecule has 4 aromatic carbocycles. The van der Waals surface area contributed by atoms with Crippen LogP contribution in [0.4, 0.5) is 5.69 Å². The molecule has 0 saturated heterocycles. The van der Waals surface area contributed by atoms with Gasteiger partial charge in [0.25, 0.3) is 10.0 Å². The fourth-order valence-electron chi connectivity index (χ4n) is 4.74. The van der Waals surface area contributed by atoms with E-state index >= 15 is 0 Å². The number of amides is 2. The average molecular weight is 677 g/mol. The molecule has 7 nitrogen and oxygen atoms in total. The lowest BCUT2D eigenvalue weighted by molar-refractivity contribution is -0.140. The van der Waals surface area contributed by atoms with Crippen LogP contribution in [0.2, 0.25) is 0 Å². The van der Waals surface area contributed by atoms with Gasteiger partial charge in [-0.05, 0) is 67.8 Å². The first-order valence-electron chi connectivity index (χ1n) is 14.6. The topological polar surface area (TPSA) is 86.8 Å². The number of benzene rings is 4. The van der Waals surface area contributed by atoms with Gasteiger partial charge in [-0.15, -0.1) is 0 Å². The molecule has 2 atom stereocenters. The summed E-state index contributed by atoms with van der Waals surface area (Å²) >= 11 is 3.41. The molecule has 0 heterocycles. The number of nitrogens with zero attached hydrogens (tertiary/aromatic N) is 2. The van der Waals surface area contributed by atoms with E-state index in [0.717, 1.165) is 31.9 Å². The Hall–Kier alpha value is -3.95. The quantitative estimate of drug-likeness (QED) is 0.175. The molecule has 0 aromatic heterocycles. The van der Waals surface area contributed by atoms with Crippen LogP contribution in [-0.4, -0.2) is 43.8 Å². The van der Waals surface area contributed by atoms with Crippen molar-refractivity contribution >= 4 is 43.5 Å². The van der Waals surface area contributed by atoms with Crippen LogP contribution in [0, 0.1) is 6.92 Å². The molecule has 0 spiro atoms. The Morgan fingerprint density at radius 3 is 2.00 bits per heavy atom. The van der Waals surface area contributed by atoms with Gasteiger partial charge in [0.05, 0.1) is 10.6 Å². The summed E-state index contributed by atoms with van der Waals surface area (Å²) in [4.78, 5) is 29.9. The molecule has 0 unspecified atom stereocenters. The van der Waals surface area contributed by atoms with Gasteiger partial charge in [-0.25, -0.2) is 8.42 Å². The highest BCUT2D eigenvalue weighted by molar-refractivity contribution is 9.10. The monoisotopic (exact) mass is 675 g/mol. The molecule has 0 aliphatic carbocycles. The Kier molecular flexibility index (Phi) is 11.4. The summed E-state index contributed by atoms with van der Waals surface area (Å²) in [5.41, 5.74) is 3.13. The fraction of sp³-hybridized carbons (Fsp3) is 0.257. The maximum Gasteiger partial charge on any atom is 0.264 e. The number of carbonyl (C=O) groups is 2. The maximum atomic E-state index is 14.5. The lowest BCUT2D eigenvalue weighted by atomic mass is 10.0. The van der Waals surface area contributed by atoms with Gasteiger partial charge in [-0.2, -0.15) is 0 Å². The molecule has 2 amide bonds. The van der Waals surface area contributed by atoms with Crippen LogP contribution in [0.15, 0.2) is 119 Å². The van der Waals surface area contributed by atoms with Crippen molar-refractivity contribution < 1.29 is 18.0 Å². The lowest BCUT2D eigenvalue weighted by Crippen LogP contribution is -2.54. The van der Waals surface area contributed by atoms with Crippen molar-refractivity contribution in [3.63, 3.8) is 0 Å². The summed E-state index contributed by atoms with van der Waals surface area (Å²) in [5.74, 6) is -0.780. The van der Waals surface area contributed by atoms with Crippen LogP contribution in [0.3, 0.4) is 0 Å². The zero-order valence-electron chi connectivity index (χ0n) is 25.2. The van der Waals surface area contributed by atoms with Crippen molar-refractivity contribution in [2.45, 2.75) is 57.1 Å². The maximum absolute atomic E-state index is 14.5. The van der Waals surface area contributed by atoms with Crippen LogP contribution < -0.4 is 9.62 Å². The molecule has 4 rings (SSSR count). The van der Waals surface area contributed by atoms with Crippen LogP contribution in [-0.2, 0) is 32.6 Å². The Morgan fingerprint density at radius 2 is 1.41 bits per heavy atom. The van der Waals surface area contributed by atoms with E-state index in [1.807, 2.05) is 75.4 Å². The first-order chi connectivity index (χ1) is 21.1. The Morgan fingerprint density at radius 1 is 0.818 bits per heavy atom. The van der Waals surface area contributed by atoms with Gasteiger partial charge >= 0.3 is 0 Å².